The number of benzene rings is 2. The molecule has 0 spiro atoms. The molecule has 2 aromatic carbocycles. The van der Waals surface area contributed by atoms with Gasteiger partial charge in [-0.05, 0) is 42.5 Å². The number of hydrogen-bond acceptors (Lipinski definition) is 7. The summed E-state index contributed by atoms with van der Waals surface area (Å²) in [6, 6.07) is 9.12. The Bertz CT molecular complexity index is 1080. The van der Waals surface area contributed by atoms with E-state index in [1.165, 1.54) is 24.3 Å². The Morgan fingerprint density at radius 1 is 0.933 bits per heavy atom. The molecule has 30 heavy (non-hydrogen) atoms. The first-order chi connectivity index (χ1) is 14.1. The Hall–Kier alpha value is -3.31. The summed E-state index contributed by atoms with van der Waals surface area (Å²) in [5.74, 6) is -0.748. The van der Waals surface area contributed by atoms with E-state index in [4.69, 9.17) is 23.2 Å². The van der Waals surface area contributed by atoms with Gasteiger partial charge in [0.1, 0.15) is 12.1 Å². The molecule has 0 amide bonds. The van der Waals surface area contributed by atoms with Crippen molar-refractivity contribution in [2.24, 2.45) is 0 Å². The highest BCUT2D eigenvalue weighted by molar-refractivity contribution is 6.42. The monoisotopic (exact) mass is 459 g/mol. The standard InChI is InChI=1S/C17H10Cl2F3N5O3/c18-12-6-3-10(7-13(12)19)26-16-14(27(28)29)15(23-8-24-16)25-9-1-4-11(5-2-9)30-17(20,21)22/h1-8H,(H2,23,24,25,26). The van der Waals surface area contributed by atoms with E-state index in [-0.39, 0.29) is 22.3 Å². The third-order valence-corrected chi connectivity index (χ3v) is 4.28. The summed E-state index contributed by atoms with van der Waals surface area (Å²) in [6.45, 7) is 0. The summed E-state index contributed by atoms with van der Waals surface area (Å²) in [7, 11) is 0. The average Bonchev–Trinajstić information content (AvgIpc) is 2.65. The number of anilines is 4. The van der Waals surface area contributed by atoms with Gasteiger partial charge in [0, 0.05) is 11.4 Å². The van der Waals surface area contributed by atoms with Gasteiger partial charge >= 0.3 is 12.0 Å². The lowest BCUT2D eigenvalue weighted by Crippen LogP contribution is -2.17. The second-order valence-electron chi connectivity index (χ2n) is 5.63. The molecule has 1 heterocycles. The van der Waals surface area contributed by atoms with Crippen LogP contribution in [-0.2, 0) is 0 Å². The molecule has 13 heteroatoms. The molecule has 1 aromatic heterocycles. The minimum Gasteiger partial charge on any atom is -0.406 e. The zero-order valence-electron chi connectivity index (χ0n) is 14.6. The smallest absolute Gasteiger partial charge is 0.406 e. The molecule has 0 saturated heterocycles. The molecular formula is C17H10Cl2F3N5O3. The van der Waals surface area contributed by atoms with E-state index in [2.05, 4.69) is 25.3 Å². The summed E-state index contributed by atoms with van der Waals surface area (Å²) in [5, 5.41) is 17.6. The van der Waals surface area contributed by atoms with Gasteiger partial charge in [0.05, 0.1) is 15.0 Å². The molecule has 0 atom stereocenters. The zero-order chi connectivity index (χ0) is 21.9. The lowest BCUT2D eigenvalue weighted by molar-refractivity contribution is -0.383. The third-order valence-electron chi connectivity index (χ3n) is 3.54. The maximum atomic E-state index is 12.2. The largest absolute Gasteiger partial charge is 0.573 e. The first-order valence-electron chi connectivity index (χ1n) is 7.96. The molecule has 0 bridgehead atoms. The summed E-state index contributed by atoms with van der Waals surface area (Å²) >= 11 is 11.8. The molecule has 0 aliphatic carbocycles. The van der Waals surface area contributed by atoms with E-state index in [1.54, 1.807) is 6.07 Å². The van der Waals surface area contributed by atoms with Crippen LogP contribution >= 0.6 is 23.2 Å². The summed E-state index contributed by atoms with van der Waals surface area (Å²) in [4.78, 5) is 18.6. The van der Waals surface area contributed by atoms with Crippen LogP contribution < -0.4 is 15.4 Å². The van der Waals surface area contributed by atoms with Crippen molar-refractivity contribution in [1.29, 1.82) is 0 Å². The van der Waals surface area contributed by atoms with Crippen molar-refractivity contribution in [1.82, 2.24) is 9.97 Å². The van der Waals surface area contributed by atoms with Crippen LogP contribution in [0.2, 0.25) is 10.0 Å². The molecule has 156 valence electrons. The molecule has 3 rings (SSSR count). The molecule has 0 aliphatic heterocycles. The Labute approximate surface area is 176 Å². The van der Waals surface area contributed by atoms with Crippen LogP contribution in [0.4, 0.5) is 41.9 Å². The fourth-order valence-corrected chi connectivity index (χ4v) is 2.62. The molecule has 0 radical (unpaired) electrons. The molecule has 8 nitrogen and oxygen atoms in total. The lowest BCUT2D eigenvalue weighted by Gasteiger charge is -2.12. The van der Waals surface area contributed by atoms with E-state index in [0.717, 1.165) is 18.5 Å². The van der Waals surface area contributed by atoms with Crippen LogP contribution in [-0.4, -0.2) is 21.3 Å². The van der Waals surface area contributed by atoms with E-state index in [9.17, 15) is 23.3 Å². The SMILES string of the molecule is O=[N+]([O-])c1c(Nc2ccc(OC(F)(F)F)cc2)ncnc1Nc1ccc(Cl)c(Cl)c1. The topological polar surface area (TPSA) is 102 Å². The van der Waals surface area contributed by atoms with E-state index >= 15 is 0 Å². The molecule has 3 aromatic rings. The van der Waals surface area contributed by atoms with Gasteiger partial charge < -0.3 is 15.4 Å². The first kappa shape index (κ1) is 21.4. The first-order valence-corrected chi connectivity index (χ1v) is 8.72. The minimum absolute atomic E-state index is 0.132. The summed E-state index contributed by atoms with van der Waals surface area (Å²) in [6.07, 6.45) is -3.75. The molecule has 2 N–H and O–H groups in total. The quantitative estimate of drug-likeness (QED) is 0.340. The Morgan fingerprint density at radius 2 is 1.50 bits per heavy atom. The van der Waals surface area contributed by atoms with Crippen molar-refractivity contribution in [3.63, 3.8) is 0 Å². The van der Waals surface area contributed by atoms with Crippen molar-refractivity contribution >= 4 is 51.9 Å². The van der Waals surface area contributed by atoms with Crippen molar-refractivity contribution < 1.29 is 22.8 Å². The predicted octanol–water partition coefficient (Wildman–Crippen LogP) is 6.08. The van der Waals surface area contributed by atoms with Crippen LogP contribution in [0.3, 0.4) is 0 Å². The van der Waals surface area contributed by atoms with Gasteiger partial charge in [0.2, 0.25) is 11.6 Å². The van der Waals surface area contributed by atoms with Crippen molar-refractivity contribution in [3.05, 3.63) is 69.0 Å². The number of hydrogen-bond donors (Lipinski definition) is 2. The Morgan fingerprint density at radius 3 is 2.03 bits per heavy atom. The molecule has 0 fully saturated rings. The van der Waals surface area contributed by atoms with Gasteiger partial charge in [-0.15, -0.1) is 13.2 Å². The number of nitro groups is 1. The molecule has 0 saturated carbocycles. The zero-order valence-corrected chi connectivity index (χ0v) is 16.1. The van der Waals surface area contributed by atoms with Gasteiger partial charge in [-0.3, -0.25) is 10.1 Å². The molecular weight excluding hydrogens is 450 g/mol. The minimum atomic E-state index is -4.83. The van der Waals surface area contributed by atoms with Gasteiger partial charge in [0.15, 0.2) is 0 Å². The summed E-state index contributed by atoms with van der Waals surface area (Å²) in [5.41, 5.74) is 0.150. The van der Waals surface area contributed by atoms with Gasteiger partial charge in [-0.25, -0.2) is 9.97 Å². The van der Waals surface area contributed by atoms with Crippen LogP contribution in [0.1, 0.15) is 0 Å². The second kappa shape index (κ2) is 8.59. The van der Waals surface area contributed by atoms with E-state index in [1.807, 2.05) is 0 Å². The van der Waals surface area contributed by atoms with Crippen molar-refractivity contribution in [2.45, 2.75) is 6.36 Å². The number of alkyl halides is 3. The van der Waals surface area contributed by atoms with Crippen LogP contribution in [0, 0.1) is 10.1 Å². The number of nitrogens with zero attached hydrogens (tertiary/aromatic N) is 3. The number of ether oxygens (including phenoxy) is 1. The Balaban J connectivity index is 1.87. The number of halogens is 5. The fraction of sp³-hybridized carbons (Fsp3) is 0.0588. The van der Waals surface area contributed by atoms with Crippen LogP contribution in [0.25, 0.3) is 0 Å². The number of rotatable bonds is 6. The Kier molecular flexibility index (Phi) is 6.13. The maximum absolute atomic E-state index is 12.2. The van der Waals surface area contributed by atoms with Gasteiger partial charge in [-0.2, -0.15) is 0 Å². The van der Waals surface area contributed by atoms with Crippen molar-refractivity contribution in [3.8, 4) is 5.75 Å². The number of aromatic nitrogens is 2. The highest BCUT2D eigenvalue weighted by Gasteiger charge is 2.31. The number of nitrogens with one attached hydrogen (secondary N) is 2. The van der Waals surface area contributed by atoms with Gasteiger partial charge in [0.25, 0.3) is 0 Å². The predicted molar refractivity (Wildman–Crippen MR) is 105 cm³/mol. The fourth-order valence-electron chi connectivity index (χ4n) is 2.32. The second-order valence-corrected chi connectivity index (χ2v) is 6.44. The van der Waals surface area contributed by atoms with Gasteiger partial charge in [-0.1, -0.05) is 23.2 Å². The third kappa shape index (κ3) is 5.39. The average molecular weight is 460 g/mol. The van der Waals surface area contributed by atoms with Crippen LogP contribution in [0.5, 0.6) is 5.75 Å². The highest BCUT2D eigenvalue weighted by atomic mass is 35.5. The summed E-state index contributed by atoms with van der Waals surface area (Å²) < 4.78 is 40.5. The molecule has 0 aliphatic rings. The highest BCUT2D eigenvalue weighted by Crippen LogP contribution is 2.35. The van der Waals surface area contributed by atoms with Crippen LogP contribution in [0.15, 0.2) is 48.8 Å². The normalized spacial score (nSPS) is 11.1. The lowest BCUT2D eigenvalue weighted by atomic mass is 10.3. The van der Waals surface area contributed by atoms with E-state index < -0.39 is 22.7 Å². The van der Waals surface area contributed by atoms with E-state index in [0.29, 0.717) is 10.7 Å². The maximum Gasteiger partial charge on any atom is 0.573 e. The molecule has 0 unspecified atom stereocenters. The van der Waals surface area contributed by atoms with Crippen molar-refractivity contribution in [2.75, 3.05) is 10.6 Å².